The zero-order valence-corrected chi connectivity index (χ0v) is 9.93. The Balaban J connectivity index is 1.98. The number of nitrogens with two attached hydrogens (primary N) is 1. The van der Waals surface area contributed by atoms with Crippen molar-refractivity contribution in [2.45, 2.75) is 50.7 Å². The Kier molecular flexibility index (Phi) is 3.74. The Bertz CT molecular complexity index is 178. The summed E-state index contributed by atoms with van der Waals surface area (Å²) in [6.07, 6.45) is 5.46. The normalized spacial score (nSPS) is 37.3. The summed E-state index contributed by atoms with van der Waals surface area (Å²) in [7, 11) is 0. The van der Waals surface area contributed by atoms with Crippen molar-refractivity contribution in [3.63, 3.8) is 0 Å². The standard InChI is InChI=1S/C11H22N2S/c1-9(12)11-4-2-3-6-13(11)10-5-7-14-8-10/h9-11H,2-8,12H2,1H3. The van der Waals surface area contributed by atoms with E-state index in [4.69, 9.17) is 5.73 Å². The minimum Gasteiger partial charge on any atom is -0.327 e. The molecule has 2 aliphatic heterocycles. The van der Waals surface area contributed by atoms with Crippen LogP contribution in [0.1, 0.15) is 32.6 Å². The number of hydrogen-bond donors (Lipinski definition) is 1. The van der Waals surface area contributed by atoms with Gasteiger partial charge in [0, 0.05) is 23.9 Å². The van der Waals surface area contributed by atoms with Gasteiger partial charge in [0.15, 0.2) is 0 Å². The molecule has 2 rings (SSSR count). The molecule has 0 spiro atoms. The first-order valence-electron chi connectivity index (χ1n) is 5.88. The zero-order valence-electron chi connectivity index (χ0n) is 9.11. The smallest absolute Gasteiger partial charge is 0.0247 e. The summed E-state index contributed by atoms with van der Waals surface area (Å²) in [5, 5.41) is 0. The molecule has 2 heterocycles. The lowest BCUT2D eigenvalue weighted by Gasteiger charge is -2.41. The second-order valence-corrected chi connectivity index (χ2v) is 5.83. The lowest BCUT2D eigenvalue weighted by Crippen LogP contribution is -2.53. The van der Waals surface area contributed by atoms with Crippen LogP contribution in [0, 0.1) is 0 Å². The molecule has 0 bridgehead atoms. The highest BCUT2D eigenvalue weighted by atomic mass is 32.2. The van der Waals surface area contributed by atoms with Gasteiger partial charge >= 0.3 is 0 Å². The van der Waals surface area contributed by atoms with Gasteiger partial charge in [-0.1, -0.05) is 6.42 Å². The topological polar surface area (TPSA) is 29.3 Å². The number of rotatable bonds is 2. The zero-order chi connectivity index (χ0) is 9.97. The molecule has 0 saturated carbocycles. The van der Waals surface area contributed by atoms with E-state index in [1.165, 1.54) is 43.7 Å². The van der Waals surface area contributed by atoms with Gasteiger partial charge in [0.25, 0.3) is 0 Å². The van der Waals surface area contributed by atoms with Gasteiger partial charge in [-0.25, -0.2) is 0 Å². The number of hydrogen-bond acceptors (Lipinski definition) is 3. The molecule has 0 aliphatic carbocycles. The minimum absolute atomic E-state index is 0.348. The predicted octanol–water partition coefficient (Wildman–Crippen LogP) is 1.69. The van der Waals surface area contributed by atoms with E-state index in [2.05, 4.69) is 23.6 Å². The van der Waals surface area contributed by atoms with Crippen LogP contribution in [0.2, 0.25) is 0 Å². The number of thioether (sulfide) groups is 1. The summed E-state index contributed by atoms with van der Waals surface area (Å²) in [5.41, 5.74) is 6.08. The molecule has 2 nitrogen and oxygen atoms in total. The van der Waals surface area contributed by atoms with Gasteiger partial charge in [-0.2, -0.15) is 11.8 Å². The lowest BCUT2D eigenvalue weighted by molar-refractivity contribution is 0.0923. The van der Waals surface area contributed by atoms with Crippen molar-refractivity contribution < 1.29 is 0 Å². The van der Waals surface area contributed by atoms with Crippen LogP contribution in [-0.4, -0.2) is 41.1 Å². The van der Waals surface area contributed by atoms with Crippen molar-refractivity contribution in [3.8, 4) is 0 Å². The molecule has 0 aromatic rings. The van der Waals surface area contributed by atoms with Gasteiger partial charge in [0.2, 0.25) is 0 Å². The van der Waals surface area contributed by atoms with E-state index < -0.39 is 0 Å². The molecule has 0 aromatic heterocycles. The fourth-order valence-electron chi connectivity index (χ4n) is 2.78. The molecule has 2 aliphatic rings. The molecule has 3 unspecified atom stereocenters. The molecule has 2 saturated heterocycles. The molecule has 2 fully saturated rings. The largest absolute Gasteiger partial charge is 0.327 e. The van der Waals surface area contributed by atoms with Crippen LogP contribution in [-0.2, 0) is 0 Å². The van der Waals surface area contributed by atoms with E-state index in [0.717, 1.165) is 6.04 Å². The third kappa shape index (κ3) is 2.26. The molecule has 14 heavy (non-hydrogen) atoms. The minimum atomic E-state index is 0.348. The van der Waals surface area contributed by atoms with Gasteiger partial charge in [0.05, 0.1) is 0 Å². The number of likely N-dealkylation sites (tertiary alicyclic amines) is 1. The summed E-state index contributed by atoms with van der Waals surface area (Å²) in [6.45, 7) is 3.46. The summed E-state index contributed by atoms with van der Waals surface area (Å²) in [4.78, 5) is 2.70. The molecule has 3 atom stereocenters. The molecule has 3 heteroatoms. The van der Waals surface area contributed by atoms with E-state index in [9.17, 15) is 0 Å². The Morgan fingerprint density at radius 1 is 1.36 bits per heavy atom. The average Bonchev–Trinajstić information content (AvgIpc) is 2.70. The second kappa shape index (κ2) is 4.86. The van der Waals surface area contributed by atoms with E-state index in [-0.39, 0.29) is 0 Å². The molecule has 0 radical (unpaired) electrons. The van der Waals surface area contributed by atoms with Crippen LogP contribution < -0.4 is 5.73 Å². The van der Waals surface area contributed by atoms with Gasteiger partial charge in [-0.3, -0.25) is 4.90 Å². The monoisotopic (exact) mass is 214 g/mol. The quantitative estimate of drug-likeness (QED) is 0.758. The van der Waals surface area contributed by atoms with E-state index in [1.807, 2.05) is 0 Å². The maximum Gasteiger partial charge on any atom is 0.0247 e. The van der Waals surface area contributed by atoms with Gasteiger partial charge in [-0.15, -0.1) is 0 Å². The van der Waals surface area contributed by atoms with Crippen LogP contribution in [0.15, 0.2) is 0 Å². The highest BCUT2D eigenvalue weighted by Crippen LogP contribution is 2.29. The fourth-order valence-corrected chi connectivity index (χ4v) is 4.02. The number of piperidine rings is 1. The summed E-state index contributed by atoms with van der Waals surface area (Å²) >= 11 is 2.11. The van der Waals surface area contributed by atoms with E-state index >= 15 is 0 Å². The van der Waals surface area contributed by atoms with Crippen molar-refractivity contribution in [1.29, 1.82) is 0 Å². The second-order valence-electron chi connectivity index (χ2n) is 4.68. The SMILES string of the molecule is CC(N)C1CCCCN1C1CCSC1. The highest BCUT2D eigenvalue weighted by molar-refractivity contribution is 7.99. The van der Waals surface area contributed by atoms with Gasteiger partial charge in [-0.05, 0) is 38.5 Å². The molecular weight excluding hydrogens is 192 g/mol. The maximum absolute atomic E-state index is 6.08. The first kappa shape index (κ1) is 10.8. The Morgan fingerprint density at radius 2 is 2.21 bits per heavy atom. The highest BCUT2D eigenvalue weighted by Gasteiger charge is 2.32. The first-order chi connectivity index (χ1) is 6.79. The predicted molar refractivity (Wildman–Crippen MR) is 63.7 cm³/mol. The molecule has 0 amide bonds. The van der Waals surface area contributed by atoms with Crippen molar-refractivity contribution in [2.24, 2.45) is 5.73 Å². The fraction of sp³-hybridized carbons (Fsp3) is 1.00. The van der Waals surface area contributed by atoms with Crippen molar-refractivity contribution in [2.75, 3.05) is 18.1 Å². The van der Waals surface area contributed by atoms with Crippen LogP contribution in [0.4, 0.5) is 0 Å². The van der Waals surface area contributed by atoms with Crippen LogP contribution in [0.25, 0.3) is 0 Å². The van der Waals surface area contributed by atoms with Crippen LogP contribution in [0.3, 0.4) is 0 Å². The van der Waals surface area contributed by atoms with Crippen molar-refractivity contribution >= 4 is 11.8 Å². The van der Waals surface area contributed by atoms with E-state index in [0.29, 0.717) is 12.1 Å². The first-order valence-corrected chi connectivity index (χ1v) is 7.03. The van der Waals surface area contributed by atoms with E-state index in [1.54, 1.807) is 0 Å². The Hall–Kier alpha value is 0.270. The molecule has 0 aromatic carbocycles. The summed E-state index contributed by atoms with van der Waals surface area (Å²) < 4.78 is 0. The summed E-state index contributed by atoms with van der Waals surface area (Å²) in [5.74, 6) is 2.69. The third-order valence-electron chi connectivity index (χ3n) is 3.57. The number of nitrogens with zero attached hydrogens (tertiary/aromatic N) is 1. The molecule has 82 valence electrons. The molecule has 2 N–H and O–H groups in total. The van der Waals surface area contributed by atoms with Crippen molar-refractivity contribution in [1.82, 2.24) is 4.90 Å². The van der Waals surface area contributed by atoms with Gasteiger partial charge < -0.3 is 5.73 Å². The Morgan fingerprint density at radius 3 is 2.86 bits per heavy atom. The third-order valence-corrected chi connectivity index (χ3v) is 4.72. The maximum atomic E-state index is 6.08. The molecular formula is C11H22N2S. The van der Waals surface area contributed by atoms with Crippen LogP contribution in [0.5, 0.6) is 0 Å². The average molecular weight is 214 g/mol. The summed E-state index contributed by atoms with van der Waals surface area (Å²) in [6, 6.07) is 1.84. The lowest BCUT2D eigenvalue weighted by atomic mass is 9.95. The Labute approximate surface area is 91.6 Å². The van der Waals surface area contributed by atoms with Crippen molar-refractivity contribution in [3.05, 3.63) is 0 Å². The van der Waals surface area contributed by atoms with Crippen LogP contribution >= 0.6 is 11.8 Å². The van der Waals surface area contributed by atoms with Gasteiger partial charge in [0.1, 0.15) is 0 Å².